The zero-order valence-corrected chi connectivity index (χ0v) is 13.3. The average Bonchev–Trinajstić information content (AvgIpc) is 2.33. The molecule has 1 aromatic heterocycles. The second kappa shape index (κ2) is 6.70. The van der Waals surface area contributed by atoms with E-state index < -0.39 is 0 Å². The van der Waals surface area contributed by atoms with Crippen LogP contribution in [0.3, 0.4) is 0 Å². The second-order valence-electron chi connectivity index (χ2n) is 6.08. The molecule has 0 aromatic carbocycles. The number of hydrogen-bond donors (Lipinski definition) is 1. The second-order valence-corrected chi connectivity index (χ2v) is 6.08. The van der Waals surface area contributed by atoms with Gasteiger partial charge in [-0.25, -0.2) is 0 Å². The summed E-state index contributed by atoms with van der Waals surface area (Å²) in [6.07, 6.45) is 0. The number of amides is 1. The predicted molar refractivity (Wildman–Crippen MR) is 79.8 cm³/mol. The van der Waals surface area contributed by atoms with Crippen molar-refractivity contribution in [2.45, 2.75) is 39.8 Å². The van der Waals surface area contributed by atoms with Crippen LogP contribution in [-0.2, 0) is 11.3 Å². The van der Waals surface area contributed by atoms with E-state index in [0.717, 1.165) is 11.4 Å². The fourth-order valence-electron chi connectivity index (χ4n) is 1.47. The molecule has 0 unspecified atom stereocenters. The van der Waals surface area contributed by atoms with Crippen molar-refractivity contribution in [2.24, 2.45) is 0 Å². The van der Waals surface area contributed by atoms with Crippen molar-refractivity contribution in [1.82, 2.24) is 15.2 Å². The molecule has 0 radical (unpaired) electrons. The highest BCUT2D eigenvalue weighted by atomic mass is 16.5. The first-order valence-electron chi connectivity index (χ1n) is 6.73. The van der Waals surface area contributed by atoms with E-state index in [0.29, 0.717) is 12.3 Å². The summed E-state index contributed by atoms with van der Waals surface area (Å²) in [5.41, 5.74) is 1.76. The van der Waals surface area contributed by atoms with Crippen LogP contribution in [0.25, 0.3) is 0 Å². The number of carbonyl (C=O) groups excluding carboxylic acids is 1. The highest BCUT2D eigenvalue weighted by Gasteiger charge is 2.13. The minimum atomic E-state index is -0.0692. The molecule has 0 aliphatic heterocycles. The number of ether oxygens (including phenoxy) is 1. The van der Waals surface area contributed by atoms with Crippen LogP contribution < -0.4 is 10.1 Å². The van der Waals surface area contributed by atoms with Crippen molar-refractivity contribution in [2.75, 3.05) is 20.7 Å². The molecule has 20 heavy (non-hydrogen) atoms. The monoisotopic (exact) mass is 279 g/mol. The van der Waals surface area contributed by atoms with Crippen molar-refractivity contribution >= 4 is 5.91 Å². The maximum atomic E-state index is 11.6. The van der Waals surface area contributed by atoms with E-state index in [2.05, 4.69) is 31.1 Å². The van der Waals surface area contributed by atoms with Gasteiger partial charge in [0.2, 0.25) is 0 Å². The summed E-state index contributed by atoms with van der Waals surface area (Å²) in [7, 11) is 3.42. The third-order valence-electron chi connectivity index (χ3n) is 2.71. The van der Waals surface area contributed by atoms with E-state index in [-0.39, 0.29) is 18.1 Å². The van der Waals surface area contributed by atoms with Gasteiger partial charge in [0.15, 0.2) is 6.61 Å². The number of rotatable bonds is 5. The van der Waals surface area contributed by atoms with Gasteiger partial charge < -0.3 is 15.0 Å². The van der Waals surface area contributed by atoms with Crippen molar-refractivity contribution < 1.29 is 9.53 Å². The lowest BCUT2D eigenvalue weighted by Gasteiger charge is -2.21. The zero-order valence-electron chi connectivity index (χ0n) is 13.3. The molecule has 112 valence electrons. The Hall–Kier alpha value is -1.62. The van der Waals surface area contributed by atoms with Crippen molar-refractivity contribution in [3.63, 3.8) is 0 Å². The van der Waals surface area contributed by atoms with Crippen LogP contribution >= 0.6 is 0 Å². The lowest BCUT2D eigenvalue weighted by molar-refractivity contribution is -0.130. The summed E-state index contributed by atoms with van der Waals surface area (Å²) in [5.74, 6) is 0.586. The van der Waals surface area contributed by atoms with Gasteiger partial charge in [-0.2, -0.15) is 0 Å². The molecular weight excluding hydrogens is 254 g/mol. The van der Waals surface area contributed by atoms with Gasteiger partial charge >= 0.3 is 0 Å². The lowest BCUT2D eigenvalue weighted by atomic mass is 10.1. The highest BCUT2D eigenvalue weighted by molar-refractivity contribution is 5.77. The van der Waals surface area contributed by atoms with E-state index in [9.17, 15) is 4.79 Å². The third kappa shape index (κ3) is 5.57. The first-order valence-corrected chi connectivity index (χ1v) is 6.73. The molecule has 0 atom stereocenters. The molecule has 0 aliphatic carbocycles. The van der Waals surface area contributed by atoms with E-state index in [1.54, 1.807) is 14.1 Å². The van der Waals surface area contributed by atoms with Gasteiger partial charge in [0, 0.05) is 31.9 Å². The topological polar surface area (TPSA) is 54.5 Å². The molecule has 5 nitrogen and oxygen atoms in total. The van der Waals surface area contributed by atoms with E-state index >= 15 is 0 Å². The highest BCUT2D eigenvalue weighted by Crippen LogP contribution is 2.18. The third-order valence-corrected chi connectivity index (χ3v) is 2.71. The van der Waals surface area contributed by atoms with Gasteiger partial charge in [0.05, 0.1) is 5.69 Å². The fourth-order valence-corrected chi connectivity index (χ4v) is 1.47. The molecule has 0 fully saturated rings. The number of carbonyl (C=O) groups is 1. The molecule has 0 aliphatic rings. The molecular formula is C15H25N3O2. The molecule has 1 N–H and O–H groups in total. The van der Waals surface area contributed by atoms with Gasteiger partial charge in [0.1, 0.15) is 5.75 Å². The fraction of sp³-hybridized carbons (Fsp3) is 0.600. The van der Waals surface area contributed by atoms with Crippen LogP contribution in [0.15, 0.2) is 12.1 Å². The maximum absolute atomic E-state index is 11.6. The minimum absolute atomic E-state index is 0.00213. The Morgan fingerprint density at radius 3 is 2.55 bits per heavy atom. The smallest absolute Gasteiger partial charge is 0.259 e. The summed E-state index contributed by atoms with van der Waals surface area (Å²) in [4.78, 5) is 17.6. The van der Waals surface area contributed by atoms with E-state index in [4.69, 9.17) is 4.74 Å². The standard InChI is InChI=1S/C15H25N3O2/c1-11-7-8-13(20-10-14(19)18(5)6)12(17-11)9-16-15(2,3)4/h7-8,16H,9-10H2,1-6H3. The Morgan fingerprint density at radius 1 is 1.35 bits per heavy atom. The normalized spacial score (nSPS) is 11.3. The predicted octanol–water partition coefficient (Wildman–Crippen LogP) is 1.75. The number of nitrogens with one attached hydrogen (secondary N) is 1. The molecule has 0 saturated heterocycles. The summed E-state index contributed by atoms with van der Waals surface area (Å²) in [6, 6.07) is 3.75. The lowest BCUT2D eigenvalue weighted by Crippen LogP contribution is -2.35. The Morgan fingerprint density at radius 2 is 2.00 bits per heavy atom. The summed E-state index contributed by atoms with van der Waals surface area (Å²) < 4.78 is 5.59. The summed E-state index contributed by atoms with van der Waals surface area (Å²) in [6.45, 7) is 8.86. The quantitative estimate of drug-likeness (QED) is 0.892. The molecule has 1 heterocycles. The van der Waals surface area contributed by atoms with Crippen LogP contribution in [0, 0.1) is 6.92 Å². The Kier molecular flexibility index (Phi) is 5.51. The Labute approximate surface area is 121 Å². The van der Waals surface area contributed by atoms with Crippen molar-refractivity contribution in [3.05, 3.63) is 23.5 Å². The summed E-state index contributed by atoms with van der Waals surface area (Å²) in [5, 5.41) is 3.38. The maximum Gasteiger partial charge on any atom is 0.259 e. The average molecular weight is 279 g/mol. The van der Waals surface area contributed by atoms with Gasteiger partial charge in [-0.15, -0.1) is 0 Å². The molecule has 1 amide bonds. The van der Waals surface area contributed by atoms with Crippen LogP contribution in [0.4, 0.5) is 0 Å². The van der Waals surface area contributed by atoms with E-state index in [1.807, 2.05) is 19.1 Å². The largest absolute Gasteiger partial charge is 0.482 e. The van der Waals surface area contributed by atoms with Crippen molar-refractivity contribution in [1.29, 1.82) is 0 Å². The number of pyridine rings is 1. The number of nitrogens with zero attached hydrogens (tertiary/aromatic N) is 2. The van der Waals surface area contributed by atoms with Crippen LogP contribution in [0.1, 0.15) is 32.2 Å². The van der Waals surface area contributed by atoms with Crippen molar-refractivity contribution in [3.8, 4) is 5.75 Å². The number of hydrogen-bond acceptors (Lipinski definition) is 4. The molecule has 0 bridgehead atoms. The Balaban J connectivity index is 2.77. The first-order chi connectivity index (χ1) is 9.19. The van der Waals surface area contributed by atoms with Gasteiger partial charge in [-0.3, -0.25) is 9.78 Å². The van der Waals surface area contributed by atoms with Gasteiger partial charge in [-0.1, -0.05) is 0 Å². The number of likely N-dealkylation sites (N-methyl/N-ethyl adjacent to an activating group) is 1. The first kappa shape index (κ1) is 16.4. The number of aryl methyl sites for hydroxylation is 1. The van der Waals surface area contributed by atoms with Crippen LogP contribution in [-0.4, -0.2) is 42.0 Å². The number of aromatic nitrogens is 1. The Bertz CT molecular complexity index is 465. The van der Waals surface area contributed by atoms with Crippen LogP contribution in [0.5, 0.6) is 5.75 Å². The minimum Gasteiger partial charge on any atom is -0.482 e. The molecule has 0 spiro atoms. The molecule has 1 rings (SSSR count). The SMILES string of the molecule is Cc1ccc(OCC(=O)N(C)C)c(CNC(C)(C)C)n1. The zero-order chi connectivity index (χ0) is 15.3. The molecule has 0 saturated carbocycles. The summed E-state index contributed by atoms with van der Waals surface area (Å²) >= 11 is 0. The van der Waals surface area contributed by atoms with Gasteiger partial charge in [-0.05, 0) is 39.8 Å². The molecule has 5 heteroatoms. The molecule has 1 aromatic rings. The van der Waals surface area contributed by atoms with Gasteiger partial charge in [0.25, 0.3) is 5.91 Å². The van der Waals surface area contributed by atoms with Crippen LogP contribution in [0.2, 0.25) is 0 Å². The van der Waals surface area contributed by atoms with E-state index in [1.165, 1.54) is 4.90 Å².